The quantitative estimate of drug-likeness (QED) is 0.516. The number of rotatable bonds is 6. The number of piperidine rings is 1. The molecule has 0 saturated carbocycles. The van der Waals surface area contributed by atoms with Crippen molar-refractivity contribution in [1.82, 2.24) is 4.90 Å². The number of anilines is 1. The van der Waals surface area contributed by atoms with Gasteiger partial charge >= 0.3 is 6.03 Å². The number of amides is 2. The second-order valence-corrected chi connectivity index (χ2v) is 8.88. The number of ether oxygens (including phenoxy) is 1. The number of urea groups is 1. The largest absolute Gasteiger partial charge is 0.491 e. The van der Waals surface area contributed by atoms with E-state index in [0.717, 1.165) is 35.4 Å². The van der Waals surface area contributed by atoms with E-state index >= 15 is 0 Å². The average molecular weight is 445 g/mol. The minimum absolute atomic E-state index is 0.0128. The Bertz CT molecular complexity index is 988. The maximum absolute atomic E-state index is 12.8. The summed E-state index contributed by atoms with van der Waals surface area (Å²) >= 11 is 0. The van der Waals surface area contributed by atoms with E-state index in [2.05, 4.69) is 5.32 Å². The van der Waals surface area contributed by atoms with Gasteiger partial charge in [-0.1, -0.05) is 60.7 Å². The molecule has 1 saturated heterocycles. The molecule has 1 aliphatic rings. The van der Waals surface area contributed by atoms with Gasteiger partial charge in [0.2, 0.25) is 0 Å². The van der Waals surface area contributed by atoms with Gasteiger partial charge in [0.15, 0.2) is 0 Å². The Morgan fingerprint density at radius 1 is 0.909 bits per heavy atom. The van der Waals surface area contributed by atoms with E-state index in [0.29, 0.717) is 13.1 Å². The van der Waals surface area contributed by atoms with Gasteiger partial charge in [-0.3, -0.25) is 0 Å². The predicted octanol–water partition coefficient (Wildman–Crippen LogP) is 5.65. The number of carbonyl (C=O) groups is 1. The van der Waals surface area contributed by atoms with Crippen LogP contribution in [0.3, 0.4) is 0 Å². The minimum atomic E-state index is -1.09. The van der Waals surface area contributed by atoms with E-state index in [9.17, 15) is 9.90 Å². The second-order valence-electron chi connectivity index (χ2n) is 8.88. The SMILES string of the molecule is CC(C)Oc1ccc(NC(=O)N2CCC(C(O)(c3ccccc3)c3ccccc3)CC2)cc1. The highest BCUT2D eigenvalue weighted by Crippen LogP contribution is 2.41. The lowest BCUT2D eigenvalue weighted by Gasteiger charge is -2.42. The van der Waals surface area contributed by atoms with Crippen LogP contribution in [0.4, 0.5) is 10.5 Å². The first-order valence-electron chi connectivity index (χ1n) is 11.6. The normalized spacial score (nSPS) is 14.8. The van der Waals surface area contributed by atoms with Gasteiger partial charge in [-0.05, 0) is 68.0 Å². The summed E-state index contributed by atoms with van der Waals surface area (Å²) < 4.78 is 5.66. The van der Waals surface area contributed by atoms with Gasteiger partial charge in [0.05, 0.1) is 6.10 Å². The first-order valence-corrected chi connectivity index (χ1v) is 11.6. The lowest BCUT2D eigenvalue weighted by atomic mass is 9.72. The summed E-state index contributed by atoms with van der Waals surface area (Å²) in [6.07, 6.45) is 1.54. The van der Waals surface area contributed by atoms with E-state index in [4.69, 9.17) is 4.74 Å². The van der Waals surface area contributed by atoms with Crippen LogP contribution < -0.4 is 10.1 Å². The van der Waals surface area contributed by atoms with Crippen LogP contribution in [0.15, 0.2) is 84.9 Å². The van der Waals surface area contributed by atoms with Crippen molar-refractivity contribution in [2.45, 2.75) is 38.4 Å². The molecule has 0 radical (unpaired) electrons. The van der Waals surface area contributed by atoms with Gasteiger partial charge in [-0.2, -0.15) is 0 Å². The molecule has 1 fully saturated rings. The highest BCUT2D eigenvalue weighted by molar-refractivity contribution is 5.89. The van der Waals surface area contributed by atoms with Crippen LogP contribution in [0.2, 0.25) is 0 Å². The van der Waals surface area contributed by atoms with Crippen LogP contribution >= 0.6 is 0 Å². The van der Waals surface area contributed by atoms with Gasteiger partial charge in [-0.25, -0.2) is 4.79 Å². The summed E-state index contributed by atoms with van der Waals surface area (Å²) in [6.45, 7) is 5.14. The third-order valence-electron chi connectivity index (χ3n) is 6.28. The van der Waals surface area contributed by atoms with Crippen LogP contribution in [-0.2, 0) is 5.60 Å². The van der Waals surface area contributed by atoms with Crippen LogP contribution in [0.25, 0.3) is 0 Å². The van der Waals surface area contributed by atoms with Crippen LogP contribution in [0.5, 0.6) is 5.75 Å². The number of benzene rings is 3. The molecule has 33 heavy (non-hydrogen) atoms. The molecule has 0 unspecified atom stereocenters. The monoisotopic (exact) mass is 444 g/mol. The lowest BCUT2D eigenvalue weighted by molar-refractivity contribution is -0.00860. The van der Waals surface area contributed by atoms with Crippen molar-refractivity contribution in [2.75, 3.05) is 18.4 Å². The Kier molecular flexibility index (Phi) is 6.99. The van der Waals surface area contributed by atoms with Crippen molar-refractivity contribution in [1.29, 1.82) is 0 Å². The molecule has 0 bridgehead atoms. The Morgan fingerprint density at radius 3 is 1.91 bits per heavy atom. The van der Waals surface area contributed by atoms with E-state index < -0.39 is 5.60 Å². The molecule has 3 aromatic carbocycles. The summed E-state index contributed by atoms with van der Waals surface area (Å²) in [7, 11) is 0. The van der Waals surface area contributed by atoms with E-state index in [1.54, 1.807) is 0 Å². The van der Waals surface area contributed by atoms with Gasteiger partial charge in [0.25, 0.3) is 0 Å². The van der Waals surface area contributed by atoms with Crippen LogP contribution in [0, 0.1) is 5.92 Å². The fourth-order valence-corrected chi connectivity index (χ4v) is 4.61. The number of likely N-dealkylation sites (tertiary alicyclic amines) is 1. The van der Waals surface area contributed by atoms with Gasteiger partial charge in [0, 0.05) is 18.8 Å². The smallest absolute Gasteiger partial charge is 0.321 e. The zero-order valence-corrected chi connectivity index (χ0v) is 19.3. The van der Waals surface area contributed by atoms with E-state index in [1.165, 1.54) is 0 Å². The third-order valence-corrected chi connectivity index (χ3v) is 6.28. The van der Waals surface area contributed by atoms with Crippen molar-refractivity contribution < 1.29 is 14.6 Å². The third kappa shape index (κ3) is 5.20. The van der Waals surface area contributed by atoms with E-state index in [1.807, 2.05) is 104 Å². The number of nitrogens with one attached hydrogen (secondary N) is 1. The Morgan fingerprint density at radius 2 is 1.42 bits per heavy atom. The molecule has 5 heteroatoms. The molecule has 1 aliphatic heterocycles. The molecule has 2 N–H and O–H groups in total. The molecule has 0 aliphatic carbocycles. The minimum Gasteiger partial charge on any atom is -0.491 e. The number of carbonyl (C=O) groups excluding carboxylic acids is 1. The molecule has 0 aromatic heterocycles. The standard InChI is InChI=1S/C28H32N2O3/c1-21(2)33-26-15-13-25(14-16-26)29-27(31)30-19-17-24(18-20-30)28(32,22-9-5-3-6-10-22)23-11-7-4-8-12-23/h3-16,21,24,32H,17-20H2,1-2H3,(H,29,31). The number of hydrogen-bond donors (Lipinski definition) is 2. The van der Waals surface area contributed by atoms with Gasteiger partial charge in [0.1, 0.15) is 11.4 Å². The summed E-state index contributed by atoms with van der Waals surface area (Å²) in [5.41, 5.74) is 1.44. The number of hydrogen-bond acceptors (Lipinski definition) is 3. The van der Waals surface area contributed by atoms with Crippen molar-refractivity contribution in [3.05, 3.63) is 96.1 Å². The van der Waals surface area contributed by atoms with Gasteiger partial charge < -0.3 is 20.1 Å². The maximum Gasteiger partial charge on any atom is 0.321 e. The molecule has 2 amide bonds. The second kappa shape index (κ2) is 10.1. The molecular weight excluding hydrogens is 412 g/mol. The first-order chi connectivity index (χ1) is 16.0. The summed E-state index contributed by atoms with van der Waals surface area (Å²) in [4.78, 5) is 14.7. The predicted molar refractivity (Wildman–Crippen MR) is 131 cm³/mol. The Balaban J connectivity index is 1.43. The highest BCUT2D eigenvalue weighted by Gasteiger charge is 2.42. The summed E-state index contributed by atoms with van der Waals surface area (Å²) in [6, 6.07) is 27.0. The Labute approximate surface area is 196 Å². The number of nitrogens with zero attached hydrogens (tertiary/aromatic N) is 1. The highest BCUT2D eigenvalue weighted by atomic mass is 16.5. The molecular formula is C28H32N2O3. The van der Waals surface area contributed by atoms with Crippen LogP contribution in [-0.4, -0.2) is 35.2 Å². The molecule has 0 atom stereocenters. The van der Waals surface area contributed by atoms with Crippen LogP contribution in [0.1, 0.15) is 37.8 Å². The zero-order chi connectivity index (χ0) is 23.3. The van der Waals surface area contributed by atoms with Crippen molar-refractivity contribution in [3.8, 4) is 5.75 Å². The molecule has 5 nitrogen and oxygen atoms in total. The van der Waals surface area contributed by atoms with Crippen molar-refractivity contribution >= 4 is 11.7 Å². The van der Waals surface area contributed by atoms with Gasteiger partial charge in [-0.15, -0.1) is 0 Å². The fourth-order valence-electron chi connectivity index (χ4n) is 4.61. The molecule has 0 spiro atoms. The molecule has 4 rings (SSSR count). The Hall–Kier alpha value is -3.31. The van der Waals surface area contributed by atoms with Crippen molar-refractivity contribution in [3.63, 3.8) is 0 Å². The van der Waals surface area contributed by atoms with Crippen molar-refractivity contribution in [2.24, 2.45) is 5.92 Å². The summed E-state index contributed by atoms with van der Waals surface area (Å²) in [5.74, 6) is 0.795. The maximum atomic E-state index is 12.8. The number of aliphatic hydroxyl groups is 1. The zero-order valence-electron chi connectivity index (χ0n) is 19.3. The average Bonchev–Trinajstić information content (AvgIpc) is 2.85. The molecule has 1 heterocycles. The van der Waals surface area contributed by atoms with E-state index in [-0.39, 0.29) is 18.1 Å². The topological polar surface area (TPSA) is 61.8 Å². The fraction of sp³-hybridized carbons (Fsp3) is 0.321. The summed E-state index contributed by atoms with van der Waals surface area (Å²) in [5, 5.41) is 15.0. The lowest BCUT2D eigenvalue weighted by Crippen LogP contribution is -2.47. The first kappa shape index (κ1) is 22.9. The molecule has 3 aromatic rings. The molecule has 172 valence electrons.